The first-order valence-electron chi connectivity index (χ1n) is 4.88. The van der Waals surface area contributed by atoms with E-state index in [9.17, 15) is 4.79 Å². The van der Waals surface area contributed by atoms with Crippen LogP contribution in [0.1, 0.15) is 0 Å². The molecule has 16 heavy (non-hydrogen) atoms. The maximum atomic E-state index is 11.1. The highest BCUT2D eigenvalue weighted by Crippen LogP contribution is 2.19. The molecule has 1 aromatic carbocycles. The van der Waals surface area contributed by atoms with Crippen LogP contribution in [0.3, 0.4) is 0 Å². The number of nitrogens with one attached hydrogen (secondary N) is 3. The topological polar surface area (TPSA) is 69.8 Å². The van der Waals surface area contributed by atoms with E-state index < -0.39 is 0 Å². The average Bonchev–Trinajstić information content (AvgIpc) is 2.83. The molecule has 0 radical (unpaired) electrons. The molecule has 0 bridgehead atoms. The van der Waals surface area contributed by atoms with Gasteiger partial charge in [0.1, 0.15) is 0 Å². The van der Waals surface area contributed by atoms with Crippen LogP contribution in [-0.2, 0) is 0 Å². The Morgan fingerprint density at radius 3 is 2.94 bits per heavy atom. The highest BCUT2D eigenvalue weighted by Gasteiger charge is 2.02. The SMILES string of the molecule is CNC(=O)Nc1cccc(-c2ccn[nH]2)c1. The first kappa shape index (κ1) is 10.2. The molecular weight excluding hydrogens is 204 g/mol. The van der Waals surface area contributed by atoms with Gasteiger partial charge < -0.3 is 10.6 Å². The quantitative estimate of drug-likeness (QED) is 0.716. The van der Waals surface area contributed by atoms with Crippen molar-refractivity contribution in [1.29, 1.82) is 0 Å². The molecule has 0 saturated heterocycles. The van der Waals surface area contributed by atoms with Crippen molar-refractivity contribution in [3.05, 3.63) is 36.5 Å². The molecule has 5 nitrogen and oxygen atoms in total. The van der Waals surface area contributed by atoms with Gasteiger partial charge in [0.2, 0.25) is 0 Å². The molecule has 2 rings (SSSR count). The molecule has 0 aliphatic rings. The van der Waals surface area contributed by atoms with Crippen LogP contribution in [0.25, 0.3) is 11.3 Å². The first-order chi connectivity index (χ1) is 7.79. The van der Waals surface area contributed by atoms with Crippen LogP contribution in [0.2, 0.25) is 0 Å². The van der Waals surface area contributed by atoms with E-state index in [-0.39, 0.29) is 6.03 Å². The smallest absolute Gasteiger partial charge is 0.318 e. The molecule has 3 N–H and O–H groups in total. The lowest BCUT2D eigenvalue weighted by Crippen LogP contribution is -2.24. The second kappa shape index (κ2) is 4.48. The maximum Gasteiger partial charge on any atom is 0.318 e. The van der Waals surface area contributed by atoms with Crippen molar-refractivity contribution in [3.63, 3.8) is 0 Å². The summed E-state index contributed by atoms with van der Waals surface area (Å²) in [5.74, 6) is 0. The summed E-state index contributed by atoms with van der Waals surface area (Å²) in [6.07, 6.45) is 1.69. The molecule has 2 aromatic rings. The van der Waals surface area contributed by atoms with Crippen LogP contribution < -0.4 is 10.6 Å². The van der Waals surface area contributed by atoms with Gasteiger partial charge in [-0.2, -0.15) is 5.10 Å². The second-order valence-electron chi connectivity index (χ2n) is 3.26. The first-order valence-corrected chi connectivity index (χ1v) is 4.88. The average molecular weight is 216 g/mol. The Kier molecular flexibility index (Phi) is 2.86. The van der Waals surface area contributed by atoms with Crippen LogP contribution in [0, 0.1) is 0 Å². The lowest BCUT2D eigenvalue weighted by atomic mass is 10.1. The van der Waals surface area contributed by atoms with Crippen molar-refractivity contribution in [2.24, 2.45) is 0 Å². The van der Waals surface area contributed by atoms with Gasteiger partial charge in [-0.1, -0.05) is 12.1 Å². The molecule has 5 heteroatoms. The number of aromatic nitrogens is 2. The third-order valence-corrected chi connectivity index (χ3v) is 2.16. The van der Waals surface area contributed by atoms with E-state index in [0.29, 0.717) is 0 Å². The minimum atomic E-state index is -0.234. The van der Waals surface area contributed by atoms with Crippen LogP contribution in [0.15, 0.2) is 36.5 Å². The molecular formula is C11H12N4O. The van der Waals surface area contributed by atoms with E-state index in [1.807, 2.05) is 30.3 Å². The monoisotopic (exact) mass is 216 g/mol. The molecule has 1 heterocycles. The van der Waals surface area contributed by atoms with Gasteiger partial charge in [-0.05, 0) is 18.2 Å². The van der Waals surface area contributed by atoms with Gasteiger partial charge in [0.25, 0.3) is 0 Å². The van der Waals surface area contributed by atoms with Crippen molar-refractivity contribution >= 4 is 11.7 Å². The third-order valence-electron chi connectivity index (χ3n) is 2.16. The third kappa shape index (κ3) is 2.20. The summed E-state index contributed by atoms with van der Waals surface area (Å²) in [5.41, 5.74) is 2.64. The molecule has 0 fully saturated rings. The van der Waals surface area contributed by atoms with E-state index in [0.717, 1.165) is 16.9 Å². The summed E-state index contributed by atoms with van der Waals surface area (Å²) >= 11 is 0. The number of amides is 2. The number of hydrogen-bond donors (Lipinski definition) is 3. The maximum absolute atomic E-state index is 11.1. The predicted molar refractivity (Wildman–Crippen MR) is 62.1 cm³/mol. The Morgan fingerprint density at radius 2 is 2.25 bits per heavy atom. The Labute approximate surface area is 92.9 Å². The normalized spacial score (nSPS) is 9.81. The lowest BCUT2D eigenvalue weighted by Gasteiger charge is -2.05. The minimum absolute atomic E-state index is 0.234. The number of nitrogens with zero attached hydrogens (tertiary/aromatic N) is 1. The second-order valence-corrected chi connectivity index (χ2v) is 3.26. The predicted octanol–water partition coefficient (Wildman–Crippen LogP) is 1.83. The fourth-order valence-corrected chi connectivity index (χ4v) is 1.37. The van der Waals surface area contributed by atoms with E-state index in [1.54, 1.807) is 13.2 Å². The standard InChI is InChI=1S/C11H12N4O/c1-12-11(16)14-9-4-2-3-8(7-9)10-5-6-13-15-10/h2-7H,1H3,(H,13,15)(H2,12,14,16). The number of carbonyl (C=O) groups is 1. The molecule has 2 amide bonds. The van der Waals surface area contributed by atoms with E-state index >= 15 is 0 Å². The van der Waals surface area contributed by atoms with Crippen molar-refractivity contribution in [2.75, 3.05) is 12.4 Å². The largest absolute Gasteiger partial charge is 0.341 e. The summed E-state index contributed by atoms with van der Waals surface area (Å²) in [6.45, 7) is 0. The number of H-pyrrole nitrogens is 1. The zero-order valence-corrected chi connectivity index (χ0v) is 8.82. The molecule has 0 unspecified atom stereocenters. The number of rotatable bonds is 2. The number of carbonyl (C=O) groups excluding carboxylic acids is 1. The molecule has 0 aliphatic heterocycles. The highest BCUT2D eigenvalue weighted by molar-refractivity contribution is 5.89. The Bertz CT molecular complexity index is 478. The van der Waals surface area contributed by atoms with Crippen LogP contribution in [-0.4, -0.2) is 23.3 Å². The molecule has 0 saturated carbocycles. The zero-order valence-electron chi connectivity index (χ0n) is 8.82. The van der Waals surface area contributed by atoms with E-state index in [4.69, 9.17) is 0 Å². The van der Waals surface area contributed by atoms with Gasteiger partial charge in [-0.25, -0.2) is 4.79 Å². The molecule has 82 valence electrons. The van der Waals surface area contributed by atoms with Crippen LogP contribution in [0.5, 0.6) is 0 Å². The van der Waals surface area contributed by atoms with Crippen molar-refractivity contribution < 1.29 is 4.79 Å². The van der Waals surface area contributed by atoms with Crippen LogP contribution >= 0.6 is 0 Å². The van der Waals surface area contributed by atoms with Gasteiger partial charge in [0.05, 0.1) is 5.69 Å². The van der Waals surface area contributed by atoms with Gasteiger partial charge in [-0.3, -0.25) is 5.10 Å². The molecule has 0 spiro atoms. The molecule has 0 aliphatic carbocycles. The Hall–Kier alpha value is -2.30. The van der Waals surface area contributed by atoms with Crippen molar-refractivity contribution in [3.8, 4) is 11.3 Å². The van der Waals surface area contributed by atoms with Crippen LogP contribution in [0.4, 0.5) is 10.5 Å². The van der Waals surface area contributed by atoms with Gasteiger partial charge in [0, 0.05) is 24.5 Å². The number of aromatic amines is 1. The minimum Gasteiger partial charge on any atom is -0.341 e. The van der Waals surface area contributed by atoms with Gasteiger partial charge >= 0.3 is 6.03 Å². The fourth-order valence-electron chi connectivity index (χ4n) is 1.37. The number of anilines is 1. The van der Waals surface area contributed by atoms with E-state index in [2.05, 4.69) is 20.8 Å². The number of urea groups is 1. The molecule has 0 atom stereocenters. The summed E-state index contributed by atoms with van der Waals surface area (Å²) in [4.78, 5) is 11.1. The van der Waals surface area contributed by atoms with Crippen molar-refractivity contribution in [2.45, 2.75) is 0 Å². The lowest BCUT2D eigenvalue weighted by molar-refractivity contribution is 0.254. The molecule has 1 aromatic heterocycles. The van der Waals surface area contributed by atoms with Gasteiger partial charge in [0.15, 0.2) is 0 Å². The highest BCUT2D eigenvalue weighted by atomic mass is 16.2. The Balaban J connectivity index is 2.23. The Morgan fingerprint density at radius 1 is 1.38 bits per heavy atom. The zero-order chi connectivity index (χ0) is 11.4. The van der Waals surface area contributed by atoms with Crippen molar-refractivity contribution in [1.82, 2.24) is 15.5 Å². The van der Waals surface area contributed by atoms with Gasteiger partial charge in [-0.15, -0.1) is 0 Å². The summed E-state index contributed by atoms with van der Waals surface area (Å²) < 4.78 is 0. The number of benzene rings is 1. The summed E-state index contributed by atoms with van der Waals surface area (Å²) in [7, 11) is 1.58. The van der Waals surface area contributed by atoms with E-state index in [1.165, 1.54) is 0 Å². The summed E-state index contributed by atoms with van der Waals surface area (Å²) in [5, 5.41) is 12.0. The summed E-state index contributed by atoms with van der Waals surface area (Å²) in [6, 6.07) is 9.17. The fraction of sp³-hybridized carbons (Fsp3) is 0.0909. The number of hydrogen-bond acceptors (Lipinski definition) is 2.